The molecule has 0 aliphatic heterocycles. The van der Waals surface area contributed by atoms with Crippen LogP contribution in [0.15, 0.2) is 40.3 Å². The largest absolute Gasteiger partial charge is 0.370 e. The van der Waals surface area contributed by atoms with Gasteiger partial charge in [-0.15, -0.1) is 0 Å². The molecule has 41 heavy (non-hydrogen) atoms. The highest BCUT2D eigenvalue weighted by Crippen LogP contribution is 2.23. The van der Waals surface area contributed by atoms with E-state index in [1.807, 2.05) is 6.07 Å². The lowest BCUT2D eigenvalue weighted by molar-refractivity contribution is -0.133. The molecule has 0 aromatic heterocycles. The summed E-state index contributed by atoms with van der Waals surface area (Å²) in [4.78, 5) is 59.4. The third-order valence-electron chi connectivity index (χ3n) is 6.01. The van der Waals surface area contributed by atoms with Crippen molar-refractivity contribution in [3.63, 3.8) is 0 Å². The van der Waals surface area contributed by atoms with E-state index in [0.29, 0.717) is 18.8 Å². The first-order valence-corrected chi connectivity index (χ1v) is 13.1. The lowest BCUT2D eigenvalue weighted by atomic mass is 10.0. The van der Waals surface area contributed by atoms with E-state index in [-0.39, 0.29) is 44.3 Å². The molecule has 0 bridgehead atoms. The van der Waals surface area contributed by atoms with Gasteiger partial charge in [0.15, 0.2) is 11.9 Å². The molecular formula is C27H39N10O4. The van der Waals surface area contributed by atoms with Gasteiger partial charge in [-0.05, 0) is 56.9 Å². The van der Waals surface area contributed by atoms with Crippen LogP contribution in [0.4, 0.5) is 0 Å². The highest BCUT2D eigenvalue weighted by Gasteiger charge is 2.31. The van der Waals surface area contributed by atoms with Crippen molar-refractivity contribution < 1.29 is 19.2 Å². The molecule has 1 aliphatic rings. The number of nitrogens with one attached hydrogen (secondary N) is 3. The fourth-order valence-corrected chi connectivity index (χ4v) is 3.93. The second-order valence-electron chi connectivity index (χ2n) is 9.31. The van der Waals surface area contributed by atoms with Gasteiger partial charge in [-0.25, -0.2) is 0 Å². The monoisotopic (exact) mass is 567 g/mol. The second-order valence-corrected chi connectivity index (χ2v) is 9.31. The van der Waals surface area contributed by atoms with Crippen LogP contribution in [-0.4, -0.2) is 66.8 Å². The van der Waals surface area contributed by atoms with E-state index in [0.717, 1.165) is 5.56 Å². The predicted octanol–water partition coefficient (Wildman–Crippen LogP) is -2.32. The van der Waals surface area contributed by atoms with Crippen LogP contribution in [0.3, 0.4) is 0 Å². The van der Waals surface area contributed by atoms with Crippen molar-refractivity contribution >= 4 is 35.5 Å². The Bertz CT molecular complexity index is 1070. The van der Waals surface area contributed by atoms with Gasteiger partial charge in [0.1, 0.15) is 18.1 Å². The van der Waals surface area contributed by atoms with E-state index in [9.17, 15) is 19.2 Å². The average molecular weight is 568 g/mol. The Balaban J connectivity index is 2.17. The third kappa shape index (κ3) is 12.6. The molecule has 1 saturated carbocycles. The molecule has 0 unspecified atom stereocenters. The summed E-state index contributed by atoms with van der Waals surface area (Å²) in [5.74, 6) is -2.23. The Morgan fingerprint density at radius 3 is 1.66 bits per heavy atom. The molecule has 3 atom stereocenters. The summed E-state index contributed by atoms with van der Waals surface area (Å²) >= 11 is 0. The highest BCUT2D eigenvalue weighted by molar-refractivity contribution is 5.99. The molecule has 4 amide bonds. The molecule has 0 heterocycles. The molecule has 221 valence electrons. The summed E-state index contributed by atoms with van der Waals surface area (Å²) in [7, 11) is 0. The summed E-state index contributed by atoms with van der Waals surface area (Å²) in [6.45, 7) is 0.446. The standard InChI is InChI=1S/C27H39N10O4/c28-22(38)21(16-17-8-2-1-3-9-17)37-25(41)20(13-7-15-34-27(31)32)36-24(40)19(12-6-14-33-26(29)30)35-23(39)18-10-4-5-11-18/h1-5,8-11,19-21H,6-7,12-16H2,(H2,28,38)(H,35,39)(H,36,40)(H,37,41)(H4,29,30,33)(H4,31,32,34)/t19-,20-,21-/m0/s1. The van der Waals surface area contributed by atoms with Crippen molar-refractivity contribution in [2.24, 2.45) is 38.7 Å². The Kier molecular flexibility index (Phi) is 13.9. The number of nitrogens with zero attached hydrogens (tertiary/aromatic N) is 2. The number of rotatable bonds is 17. The average Bonchev–Trinajstić information content (AvgIpc) is 3.47. The number of hydrogen-bond acceptors (Lipinski definition) is 6. The minimum atomic E-state index is -1.08. The van der Waals surface area contributed by atoms with E-state index < -0.39 is 41.8 Å². The van der Waals surface area contributed by atoms with Gasteiger partial charge in [-0.1, -0.05) is 30.3 Å². The maximum absolute atomic E-state index is 13.4. The number of carbonyl (C=O) groups is 4. The quantitative estimate of drug-likeness (QED) is 0.0574. The van der Waals surface area contributed by atoms with Crippen molar-refractivity contribution in [2.45, 2.75) is 50.2 Å². The molecule has 14 heteroatoms. The van der Waals surface area contributed by atoms with Gasteiger partial charge in [0.05, 0.1) is 5.92 Å². The zero-order valence-corrected chi connectivity index (χ0v) is 22.8. The van der Waals surface area contributed by atoms with Crippen LogP contribution in [0.1, 0.15) is 31.2 Å². The summed E-state index contributed by atoms with van der Waals surface area (Å²) in [6.07, 6.45) is 7.83. The lowest BCUT2D eigenvalue weighted by Crippen LogP contribution is -2.57. The fourth-order valence-electron chi connectivity index (χ4n) is 3.93. The van der Waals surface area contributed by atoms with Gasteiger partial charge in [0.25, 0.3) is 0 Å². The van der Waals surface area contributed by atoms with Crippen LogP contribution in [0.25, 0.3) is 0 Å². The summed E-state index contributed by atoms with van der Waals surface area (Å²) in [5, 5.41) is 8.04. The van der Waals surface area contributed by atoms with Gasteiger partial charge in [0, 0.05) is 19.5 Å². The second kappa shape index (κ2) is 17.4. The number of aliphatic imine (C=N–C) groups is 2. The minimum absolute atomic E-state index is 0.0937. The summed E-state index contributed by atoms with van der Waals surface area (Å²) in [6, 6.07) is 5.94. The van der Waals surface area contributed by atoms with E-state index in [2.05, 4.69) is 25.9 Å². The van der Waals surface area contributed by atoms with Crippen molar-refractivity contribution in [3.8, 4) is 0 Å². The fraction of sp³-hybridized carbons (Fsp3) is 0.370. The van der Waals surface area contributed by atoms with E-state index in [1.165, 1.54) is 0 Å². The predicted molar refractivity (Wildman–Crippen MR) is 155 cm³/mol. The van der Waals surface area contributed by atoms with Crippen LogP contribution < -0.4 is 44.6 Å². The Hall–Kier alpha value is -4.36. The first kappa shape index (κ1) is 32.8. The normalized spacial score (nSPS) is 15.1. The molecule has 1 aliphatic carbocycles. The third-order valence-corrected chi connectivity index (χ3v) is 6.01. The molecule has 5 radical (unpaired) electrons. The van der Waals surface area contributed by atoms with Gasteiger partial charge < -0.3 is 44.6 Å². The first-order chi connectivity index (χ1) is 19.6. The van der Waals surface area contributed by atoms with E-state index in [4.69, 9.17) is 28.7 Å². The molecule has 1 aromatic carbocycles. The van der Waals surface area contributed by atoms with Crippen LogP contribution in [0.5, 0.6) is 0 Å². The SMILES string of the molecule is NC(=O)[C@H](Cc1ccccc1)NC(=O)[C@H](CCCN=C(N)N)NC(=O)[C@H](CCCN=C(N)N)NC(=O)[C]1[CH][CH][CH][CH]1. The molecule has 0 saturated heterocycles. The minimum Gasteiger partial charge on any atom is -0.370 e. The maximum atomic E-state index is 13.4. The highest BCUT2D eigenvalue weighted by atomic mass is 16.2. The molecular weight excluding hydrogens is 528 g/mol. The number of guanidine groups is 2. The number of nitrogens with two attached hydrogens (primary N) is 5. The lowest BCUT2D eigenvalue weighted by Gasteiger charge is -2.25. The van der Waals surface area contributed by atoms with Crippen LogP contribution in [-0.2, 0) is 25.6 Å². The van der Waals surface area contributed by atoms with Gasteiger partial charge in [-0.3, -0.25) is 29.2 Å². The van der Waals surface area contributed by atoms with Crippen molar-refractivity contribution in [2.75, 3.05) is 13.1 Å². The Labute approximate surface area is 240 Å². The van der Waals surface area contributed by atoms with Gasteiger partial charge >= 0.3 is 0 Å². The van der Waals surface area contributed by atoms with Crippen molar-refractivity contribution in [1.29, 1.82) is 0 Å². The molecule has 2 rings (SSSR count). The van der Waals surface area contributed by atoms with Crippen LogP contribution in [0, 0.1) is 31.6 Å². The molecule has 14 nitrogen and oxygen atoms in total. The van der Waals surface area contributed by atoms with Crippen molar-refractivity contribution in [3.05, 3.63) is 67.5 Å². The van der Waals surface area contributed by atoms with Crippen LogP contribution in [0.2, 0.25) is 0 Å². The zero-order chi connectivity index (χ0) is 30.2. The Morgan fingerprint density at radius 1 is 0.683 bits per heavy atom. The van der Waals surface area contributed by atoms with Crippen molar-refractivity contribution in [1.82, 2.24) is 16.0 Å². The number of amides is 4. The molecule has 0 spiro atoms. The number of carbonyl (C=O) groups excluding carboxylic acids is 4. The molecule has 1 fully saturated rings. The van der Waals surface area contributed by atoms with Gasteiger partial charge in [0.2, 0.25) is 23.6 Å². The van der Waals surface area contributed by atoms with Gasteiger partial charge in [-0.2, -0.15) is 0 Å². The maximum Gasteiger partial charge on any atom is 0.243 e. The topological polar surface area (TPSA) is 259 Å². The summed E-state index contributed by atoms with van der Waals surface area (Å²) < 4.78 is 0. The number of hydrogen-bond donors (Lipinski definition) is 8. The number of primary amides is 1. The molecule has 1 aromatic rings. The molecule has 13 N–H and O–H groups in total. The first-order valence-electron chi connectivity index (χ1n) is 13.1. The Morgan fingerprint density at radius 2 is 1.17 bits per heavy atom. The summed E-state index contributed by atoms with van der Waals surface area (Å²) in [5.41, 5.74) is 27.9. The van der Waals surface area contributed by atoms with E-state index in [1.54, 1.807) is 49.9 Å². The zero-order valence-electron chi connectivity index (χ0n) is 22.8. The van der Waals surface area contributed by atoms with E-state index >= 15 is 0 Å². The van der Waals surface area contributed by atoms with Crippen LogP contribution >= 0.6 is 0 Å². The number of benzene rings is 1. The smallest absolute Gasteiger partial charge is 0.243 e.